The summed E-state index contributed by atoms with van der Waals surface area (Å²) in [5, 5.41) is 0. The number of unbranched alkanes of at least 4 members (excludes halogenated alkanes) is 1. The van der Waals surface area contributed by atoms with Crippen LogP contribution in [-0.2, 0) is 23.8 Å². The molecule has 0 unspecified atom stereocenters. The molecule has 18 heavy (non-hydrogen) atoms. The second-order valence-electron chi connectivity index (χ2n) is 3.09. The highest BCUT2D eigenvalue weighted by Crippen LogP contribution is 1.88. The van der Waals surface area contributed by atoms with Crippen LogP contribution >= 0.6 is 0 Å². The van der Waals surface area contributed by atoms with E-state index in [0.29, 0.717) is 19.8 Å². The molecule has 0 aromatic carbocycles. The van der Waals surface area contributed by atoms with Crippen LogP contribution in [0.3, 0.4) is 0 Å². The molecule has 0 aromatic rings. The van der Waals surface area contributed by atoms with E-state index in [4.69, 9.17) is 0 Å². The molecule has 0 saturated heterocycles. The number of rotatable bonds is 8. The van der Waals surface area contributed by atoms with Crippen LogP contribution in [0.25, 0.3) is 0 Å². The molecule has 0 aliphatic heterocycles. The fraction of sp³-hybridized carbons (Fsp3) is 0.538. The van der Waals surface area contributed by atoms with Gasteiger partial charge in [0.1, 0.15) is 6.61 Å². The van der Waals surface area contributed by atoms with Crippen molar-refractivity contribution in [1.82, 2.24) is 0 Å². The molecule has 0 aromatic heterocycles. The van der Waals surface area contributed by atoms with Crippen molar-refractivity contribution >= 4 is 11.9 Å². The molecule has 0 spiro atoms. The van der Waals surface area contributed by atoms with Crippen LogP contribution in [0.5, 0.6) is 0 Å². The van der Waals surface area contributed by atoms with E-state index in [-0.39, 0.29) is 5.97 Å². The number of esters is 2. The molecule has 0 N–H and O–H groups in total. The molecular formula is C13H22O5. The topological polar surface area (TPSA) is 61.8 Å². The molecule has 0 aliphatic rings. The molecule has 0 aliphatic carbocycles. The third kappa shape index (κ3) is 16.8. The van der Waals surface area contributed by atoms with E-state index < -0.39 is 5.97 Å². The van der Waals surface area contributed by atoms with Crippen molar-refractivity contribution in [2.75, 3.05) is 26.9 Å². The third-order valence-electron chi connectivity index (χ3n) is 1.61. The molecule has 0 radical (unpaired) electrons. The van der Waals surface area contributed by atoms with Gasteiger partial charge in [0.15, 0.2) is 0 Å². The van der Waals surface area contributed by atoms with Gasteiger partial charge in [-0.2, -0.15) is 0 Å². The highest BCUT2D eigenvalue weighted by Gasteiger charge is 1.92. The Morgan fingerprint density at radius 2 is 1.50 bits per heavy atom. The fourth-order valence-corrected chi connectivity index (χ4v) is 0.661. The maximum absolute atomic E-state index is 10.3. The number of carbonyl (C=O) groups excluding carboxylic acids is 2. The predicted octanol–water partition coefficient (Wildman–Crippen LogP) is 1.88. The van der Waals surface area contributed by atoms with E-state index in [0.717, 1.165) is 18.9 Å². The maximum atomic E-state index is 10.3. The number of carbonyl (C=O) groups is 2. The molecular weight excluding hydrogens is 236 g/mol. The smallest absolute Gasteiger partial charge is 0.330 e. The zero-order valence-corrected chi connectivity index (χ0v) is 11.1. The summed E-state index contributed by atoms with van der Waals surface area (Å²) >= 11 is 0. The SMILES string of the molecule is C=CC(=O)OCCCC.C=CC(=O)OCCOC. The zero-order chi connectivity index (χ0) is 14.2. The van der Waals surface area contributed by atoms with Crippen LogP contribution < -0.4 is 0 Å². The molecule has 0 atom stereocenters. The van der Waals surface area contributed by atoms with Crippen molar-refractivity contribution in [3.05, 3.63) is 25.3 Å². The minimum atomic E-state index is -0.410. The van der Waals surface area contributed by atoms with Crippen LogP contribution in [0.4, 0.5) is 0 Å². The highest BCUT2D eigenvalue weighted by molar-refractivity contribution is 5.81. The molecule has 5 heteroatoms. The molecule has 104 valence electrons. The summed E-state index contributed by atoms with van der Waals surface area (Å²) in [7, 11) is 1.54. The summed E-state index contributed by atoms with van der Waals surface area (Å²) in [5.74, 6) is -0.740. The lowest BCUT2D eigenvalue weighted by Gasteiger charge is -1.98. The Balaban J connectivity index is 0. The van der Waals surface area contributed by atoms with Crippen LogP contribution in [-0.4, -0.2) is 38.9 Å². The van der Waals surface area contributed by atoms with E-state index in [2.05, 4.69) is 27.4 Å². The maximum Gasteiger partial charge on any atom is 0.330 e. The Morgan fingerprint density at radius 1 is 1.00 bits per heavy atom. The molecule has 0 rings (SSSR count). The van der Waals surface area contributed by atoms with Crippen molar-refractivity contribution in [1.29, 1.82) is 0 Å². The Morgan fingerprint density at radius 3 is 1.89 bits per heavy atom. The quantitative estimate of drug-likeness (QED) is 0.378. The van der Waals surface area contributed by atoms with E-state index in [9.17, 15) is 9.59 Å². The molecule has 0 heterocycles. The monoisotopic (exact) mass is 258 g/mol. The van der Waals surface area contributed by atoms with Gasteiger partial charge in [0.25, 0.3) is 0 Å². The summed E-state index contributed by atoms with van der Waals surface area (Å²) in [6.45, 7) is 9.77. The van der Waals surface area contributed by atoms with Crippen molar-refractivity contribution in [2.45, 2.75) is 19.8 Å². The van der Waals surface area contributed by atoms with Gasteiger partial charge >= 0.3 is 11.9 Å². The summed E-state index contributed by atoms with van der Waals surface area (Å²) < 4.78 is 13.8. The lowest BCUT2D eigenvalue weighted by molar-refractivity contribution is -0.139. The largest absolute Gasteiger partial charge is 0.463 e. The van der Waals surface area contributed by atoms with Crippen molar-refractivity contribution in [2.24, 2.45) is 0 Å². The first-order chi connectivity index (χ1) is 8.62. The van der Waals surface area contributed by atoms with E-state index in [1.165, 1.54) is 6.08 Å². The number of hydrogen-bond acceptors (Lipinski definition) is 5. The van der Waals surface area contributed by atoms with Gasteiger partial charge < -0.3 is 14.2 Å². The first-order valence-electron chi connectivity index (χ1n) is 5.69. The van der Waals surface area contributed by atoms with E-state index in [1.54, 1.807) is 7.11 Å². The van der Waals surface area contributed by atoms with Gasteiger partial charge in [0, 0.05) is 19.3 Å². The fourth-order valence-electron chi connectivity index (χ4n) is 0.661. The summed E-state index contributed by atoms with van der Waals surface area (Å²) in [4.78, 5) is 20.6. The summed E-state index contributed by atoms with van der Waals surface area (Å²) in [5.41, 5.74) is 0. The standard InChI is InChI=1S/C7H12O2.C6H10O3/c1-3-5-6-9-7(8)4-2;1-3-6(7)9-5-4-8-2/h4H,2-3,5-6H2,1H3;3H,1,4-5H2,2H3. The van der Waals surface area contributed by atoms with Gasteiger partial charge in [0.2, 0.25) is 0 Å². The average Bonchev–Trinajstić information content (AvgIpc) is 2.39. The Hall–Kier alpha value is -1.62. The Labute approximate surface area is 108 Å². The molecule has 0 amide bonds. The first kappa shape index (κ1) is 18.7. The minimum absolute atomic E-state index is 0.293. The van der Waals surface area contributed by atoms with Crippen LogP contribution in [0.15, 0.2) is 25.3 Å². The lowest BCUT2D eigenvalue weighted by Crippen LogP contribution is -2.06. The molecule has 0 fully saturated rings. The minimum Gasteiger partial charge on any atom is -0.463 e. The van der Waals surface area contributed by atoms with Gasteiger partial charge in [-0.25, -0.2) is 9.59 Å². The predicted molar refractivity (Wildman–Crippen MR) is 69.1 cm³/mol. The van der Waals surface area contributed by atoms with Crippen molar-refractivity contribution in [3.8, 4) is 0 Å². The van der Waals surface area contributed by atoms with Crippen molar-refractivity contribution in [3.63, 3.8) is 0 Å². The highest BCUT2D eigenvalue weighted by atomic mass is 16.6. The van der Waals surface area contributed by atoms with Gasteiger partial charge in [-0.05, 0) is 6.42 Å². The molecule has 0 saturated carbocycles. The third-order valence-corrected chi connectivity index (χ3v) is 1.61. The normalized spacial score (nSPS) is 8.56. The number of methoxy groups -OCH3 is 1. The summed E-state index contributed by atoms with van der Waals surface area (Å²) in [6.07, 6.45) is 4.27. The van der Waals surface area contributed by atoms with E-state index in [1.807, 2.05) is 6.92 Å². The first-order valence-corrected chi connectivity index (χ1v) is 5.69. The molecule has 5 nitrogen and oxygen atoms in total. The van der Waals surface area contributed by atoms with E-state index >= 15 is 0 Å². The van der Waals surface area contributed by atoms with Crippen LogP contribution in [0.1, 0.15) is 19.8 Å². The van der Waals surface area contributed by atoms with Crippen molar-refractivity contribution < 1.29 is 23.8 Å². The van der Waals surface area contributed by atoms with Gasteiger partial charge in [-0.15, -0.1) is 0 Å². The number of ether oxygens (including phenoxy) is 3. The number of hydrogen-bond donors (Lipinski definition) is 0. The average molecular weight is 258 g/mol. The van der Waals surface area contributed by atoms with Crippen LogP contribution in [0, 0.1) is 0 Å². The zero-order valence-electron chi connectivity index (χ0n) is 11.1. The van der Waals surface area contributed by atoms with Gasteiger partial charge in [-0.3, -0.25) is 0 Å². The second kappa shape index (κ2) is 15.4. The summed E-state index contributed by atoms with van der Waals surface area (Å²) in [6, 6.07) is 0. The lowest BCUT2D eigenvalue weighted by atomic mass is 10.4. The second-order valence-corrected chi connectivity index (χ2v) is 3.09. The molecule has 0 bridgehead atoms. The Bertz CT molecular complexity index is 222. The Kier molecular flexibility index (Phi) is 16.0. The van der Waals surface area contributed by atoms with Gasteiger partial charge in [0.05, 0.1) is 13.2 Å². The van der Waals surface area contributed by atoms with Crippen LogP contribution in [0.2, 0.25) is 0 Å². The van der Waals surface area contributed by atoms with Gasteiger partial charge in [-0.1, -0.05) is 26.5 Å².